The fraction of sp³-hybridized carbons (Fsp3) is 0.786. The van der Waals surface area contributed by atoms with Gasteiger partial charge in [-0.15, -0.1) is 0 Å². The molecule has 2 atom stereocenters. The normalized spacial score (nSPS) is 24.9. The molecule has 0 spiro atoms. The first-order valence-electron chi connectivity index (χ1n) is 6.11. The Morgan fingerprint density at radius 3 is 2.22 bits per heavy atom. The predicted octanol–water partition coefficient (Wildman–Crippen LogP) is 3.65. The highest BCUT2D eigenvalue weighted by molar-refractivity contribution is 7.59. The fourth-order valence-corrected chi connectivity index (χ4v) is 2.19. The molecule has 0 fully saturated rings. The van der Waals surface area contributed by atoms with Gasteiger partial charge in [0, 0.05) is 5.92 Å². The van der Waals surface area contributed by atoms with Crippen LogP contribution in [0.3, 0.4) is 0 Å². The number of carbonyl (C=O) groups excluding carboxylic acids is 1. The summed E-state index contributed by atoms with van der Waals surface area (Å²) in [4.78, 5) is 11.4. The summed E-state index contributed by atoms with van der Waals surface area (Å²) in [5.41, 5.74) is 1.61. The smallest absolute Gasteiger partial charge is 0.308 e. The van der Waals surface area contributed by atoms with E-state index < -0.39 is 0 Å². The molecular formula is C14H28O2S2. The molecule has 0 aromatic rings. The van der Waals surface area contributed by atoms with Crippen LogP contribution < -0.4 is 0 Å². The number of esters is 1. The van der Waals surface area contributed by atoms with Crippen molar-refractivity contribution >= 4 is 33.0 Å². The largest absolute Gasteiger partial charge is 0.465 e. The Bertz CT molecular complexity index is 309. The van der Waals surface area contributed by atoms with Gasteiger partial charge in [-0.1, -0.05) is 46.3 Å². The molecule has 0 bridgehead atoms. The first-order valence-corrected chi connectivity index (χ1v) is 6.11. The SMILES string of the molecule is CC1=C[C@H](COC(=O)C(C)C)C(C)(C)[C@H]1C.S.S. The second kappa shape index (κ2) is 7.49. The highest BCUT2D eigenvalue weighted by Gasteiger charge is 2.40. The van der Waals surface area contributed by atoms with Gasteiger partial charge in [0.2, 0.25) is 0 Å². The molecule has 0 heterocycles. The van der Waals surface area contributed by atoms with Crippen molar-refractivity contribution in [3.8, 4) is 0 Å². The fourth-order valence-electron chi connectivity index (χ4n) is 2.19. The van der Waals surface area contributed by atoms with E-state index in [-0.39, 0.29) is 44.3 Å². The van der Waals surface area contributed by atoms with Crippen LogP contribution in [0.1, 0.15) is 41.5 Å². The van der Waals surface area contributed by atoms with Gasteiger partial charge in [0.25, 0.3) is 0 Å². The third-order valence-electron chi connectivity index (χ3n) is 4.10. The Hall–Kier alpha value is -0.0900. The molecule has 0 aromatic heterocycles. The molecule has 0 aromatic carbocycles. The van der Waals surface area contributed by atoms with E-state index in [0.29, 0.717) is 18.4 Å². The summed E-state index contributed by atoms with van der Waals surface area (Å²) in [7, 11) is 0. The Morgan fingerprint density at radius 2 is 1.89 bits per heavy atom. The van der Waals surface area contributed by atoms with Gasteiger partial charge in [0.1, 0.15) is 0 Å². The summed E-state index contributed by atoms with van der Waals surface area (Å²) in [6.07, 6.45) is 2.26. The highest BCUT2D eigenvalue weighted by atomic mass is 32.1. The number of allylic oxidation sites excluding steroid dienone is 1. The minimum atomic E-state index is -0.0959. The maximum atomic E-state index is 11.4. The Kier molecular flexibility index (Phi) is 8.42. The summed E-state index contributed by atoms with van der Waals surface area (Å²) in [6.45, 7) is 13.2. The number of ether oxygens (including phenoxy) is 1. The van der Waals surface area contributed by atoms with Gasteiger partial charge in [-0.2, -0.15) is 27.0 Å². The van der Waals surface area contributed by atoms with Crippen LogP contribution in [-0.2, 0) is 9.53 Å². The zero-order chi connectivity index (χ0) is 12.5. The Labute approximate surface area is 125 Å². The van der Waals surface area contributed by atoms with E-state index in [0.717, 1.165) is 0 Å². The van der Waals surface area contributed by atoms with Gasteiger partial charge in [-0.05, 0) is 18.3 Å². The lowest BCUT2D eigenvalue weighted by molar-refractivity contribution is -0.149. The zero-order valence-electron chi connectivity index (χ0n) is 12.3. The number of hydrogen-bond donors (Lipinski definition) is 0. The molecule has 1 aliphatic carbocycles. The minimum absolute atomic E-state index is 0. The number of carbonyl (C=O) groups is 1. The molecular weight excluding hydrogens is 264 g/mol. The van der Waals surface area contributed by atoms with E-state index in [2.05, 4.69) is 33.8 Å². The van der Waals surface area contributed by atoms with Crippen LogP contribution in [0, 0.1) is 23.2 Å². The summed E-state index contributed by atoms with van der Waals surface area (Å²) in [5.74, 6) is 0.786. The molecule has 18 heavy (non-hydrogen) atoms. The quantitative estimate of drug-likeness (QED) is 0.586. The number of rotatable bonds is 3. The molecule has 1 aliphatic rings. The summed E-state index contributed by atoms with van der Waals surface area (Å²) in [6, 6.07) is 0. The van der Waals surface area contributed by atoms with Crippen LogP contribution in [0.25, 0.3) is 0 Å². The van der Waals surface area contributed by atoms with Crippen LogP contribution in [0.15, 0.2) is 11.6 Å². The van der Waals surface area contributed by atoms with E-state index >= 15 is 0 Å². The van der Waals surface area contributed by atoms with E-state index in [4.69, 9.17) is 4.74 Å². The molecule has 0 saturated heterocycles. The third kappa shape index (κ3) is 4.23. The van der Waals surface area contributed by atoms with Gasteiger partial charge < -0.3 is 4.74 Å². The predicted molar refractivity (Wildman–Crippen MR) is 86.8 cm³/mol. The standard InChI is InChI=1S/C14H24O2.2H2S/c1-9(2)13(15)16-8-12-7-10(3)11(4)14(12,5)6;;/h7,9,11-12H,8H2,1-6H3;2*1H2/t11-,12+;;/m0../s1. The average Bonchev–Trinajstić information content (AvgIpc) is 2.38. The van der Waals surface area contributed by atoms with Gasteiger partial charge in [-0.3, -0.25) is 4.79 Å². The summed E-state index contributed by atoms with van der Waals surface area (Å²) < 4.78 is 5.34. The van der Waals surface area contributed by atoms with Crippen molar-refractivity contribution in [3.63, 3.8) is 0 Å². The van der Waals surface area contributed by atoms with Crippen molar-refractivity contribution in [3.05, 3.63) is 11.6 Å². The maximum Gasteiger partial charge on any atom is 0.308 e. The Balaban J connectivity index is 0. The minimum Gasteiger partial charge on any atom is -0.465 e. The first kappa shape index (κ1) is 20.2. The molecule has 4 heteroatoms. The number of hydrogen-bond acceptors (Lipinski definition) is 2. The maximum absolute atomic E-state index is 11.4. The topological polar surface area (TPSA) is 26.3 Å². The molecule has 2 nitrogen and oxygen atoms in total. The van der Waals surface area contributed by atoms with Gasteiger partial charge in [0.05, 0.1) is 12.5 Å². The van der Waals surface area contributed by atoms with Crippen molar-refractivity contribution in [2.24, 2.45) is 23.2 Å². The van der Waals surface area contributed by atoms with Gasteiger partial charge >= 0.3 is 5.97 Å². The van der Waals surface area contributed by atoms with E-state index in [9.17, 15) is 4.79 Å². The van der Waals surface area contributed by atoms with Crippen LogP contribution in [0.2, 0.25) is 0 Å². The monoisotopic (exact) mass is 292 g/mol. The lowest BCUT2D eigenvalue weighted by atomic mass is 9.74. The second-order valence-electron chi connectivity index (χ2n) is 5.84. The van der Waals surface area contributed by atoms with Gasteiger partial charge in [0.15, 0.2) is 0 Å². The molecule has 0 radical (unpaired) electrons. The lowest BCUT2D eigenvalue weighted by Crippen LogP contribution is -2.29. The van der Waals surface area contributed by atoms with E-state index in [1.165, 1.54) is 5.57 Å². The molecule has 0 amide bonds. The van der Waals surface area contributed by atoms with Crippen molar-refractivity contribution in [2.45, 2.75) is 41.5 Å². The van der Waals surface area contributed by atoms with Crippen molar-refractivity contribution in [1.29, 1.82) is 0 Å². The van der Waals surface area contributed by atoms with Crippen molar-refractivity contribution < 1.29 is 9.53 Å². The molecule has 1 rings (SSSR count). The molecule has 0 unspecified atom stereocenters. The Morgan fingerprint density at radius 1 is 1.39 bits per heavy atom. The van der Waals surface area contributed by atoms with Crippen molar-refractivity contribution in [1.82, 2.24) is 0 Å². The lowest BCUT2D eigenvalue weighted by Gasteiger charge is -2.32. The van der Waals surface area contributed by atoms with E-state index in [1.807, 2.05) is 13.8 Å². The zero-order valence-corrected chi connectivity index (χ0v) is 14.3. The van der Waals surface area contributed by atoms with Gasteiger partial charge in [-0.25, -0.2) is 0 Å². The summed E-state index contributed by atoms with van der Waals surface area (Å²) >= 11 is 0. The van der Waals surface area contributed by atoms with E-state index in [1.54, 1.807) is 0 Å². The second-order valence-corrected chi connectivity index (χ2v) is 5.84. The van der Waals surface area contributed by atoms with Crippen molar-refractivity contribution in [2.75, 3.05) is 6.61 Å². The average molecular weight is 293 g/mol. The first-order chi connectivity index (χ1) is 7.26. The van der Waals surface area contributed by atoms with Crippen LogP contribution in [0.5, 0.6) is 0 Å². The highest BCUT2D eigenvalue weighted by Crippen LogP contribution is 2.46. The summed E-state index contributed by atoms with van der Waals surface area (Å²) in [5, 5.41) is 0. The molecule has 0 saturated carbocycles. The van der Waals surface area contributed by atoms with Crippen LogP contribution in [0.4, 0.5) is 0 Å². The molecule has 0 N–H and O–H groups in total. The van der Waals surface area contributed by atoms with Crippen LogP contribution >= 0.6 is 27.0 Å². The molecule has 108 valence electrons. The van der Waals surface area contributed by atoms with Crippen LogP contribution in [-0.4, -0.2) is 12.6 Å². The third-order valence-corrected chi connectivity index (χ3v) is 4.10. The molecule has 0 aliphatic heterocycles.